The summed E-state index contributed by atoms with van der Waals surface area (Å²) in [6.45, 7) is 4.25. The van der Waals surface area contributed by atoms with E-state index in [1.807, 2.05) is 6.20 Å². The lowest BCUT2D eigenvalue weighted by Crippen LogP contribution is -2.00. The van der Waals surface area contributed by atoms with E-state index in [1.165, 1.54) is 0 Å². The molecule has 0 aliphatic carbocycles. The molecule has 0 aromatic carbocycles. The smallest absolute Gasteiger partial charge is 0.119 e. The fraction of sp³-hybridized carbons (Fsp3) is 0.571. The molecule has 1 N–H and O–H groups in total. The molecule has 0 saturated carbocycles. The van der Waals surface area contributed by atoms with Gasteiger partial charge in [-0.1, -0.05) is 13.8 Å². The van der Waals surface area contributed by atoms with Crippen LogP contribution in [-0.4, -0.2) is 9.97 Å². The van der Waals surface area contributed by atoms with Gasteiger partial charge in [0.05, 0.1) is 5.25 Å². The van der Waals surface area contributed by atoms with Crippen molar-refractivity contribution in [3.63, 3.8) is 0 Å². The van der Waals surface area contributed by atoms with Crippen molar-refractivity contribution < 1.29 is 0 Å². The minimum Gasteiger partial charge on any atom is -0.348 e. The van der Waals surface area contributed by atoms with E-state index in [9.17, 15) is 0 Å². The molecule has 0 aliphatic heterocycles. The molecule has 1 unspecified atom stereocenters. The highest BCUT2D eigenvalue weighted by atomic mass is 32.1. The quantitative estimate of drug-likeness (QED) is 0.630. The first-order chi connectivity index (χ1) is 4.72. The number of hydrogen-bond acceptors (Lipinski definition) is 2. The zero-order valence-corrected chi connectivity index (χ0v) is 7.10. The van der Waals surface area contributed by atoms with Gasteiger partial charge in [0.2, 0.25) is 0 Å². The Morgan fingerprint density at radius 1 is 1.60 bits per heavy atom. The van der Waals surface area contributed by atoms with Crippen molar-refractivity contribution >= 4 is 12.6 Å². The summed E-state index contributed by atoms with van der Waals surface area (Å²) in [7, 11) is 0. The van der Waals surface area contributed by atoms with E-state index in [-0.39, 0.29) is 5.25 Å². The van der Waals surface area contributed by atoms with Crippen molar-refractivity contribution in [2.45, 2.75) is 19.1 Å². The fourth-order valence-electron chi connectivity index (χ4n) is 0.755. The number of hydrogen-bond donors (Lipinski definition) is 2. The Morgan fingerprint density at radius 3 is 2.70 bits per heavy atom. The minimum absolute atomic E-state index is 0.231. The lowest BCUT2D eigenvalue weighted by atomic mass is 10.1. The summed E-state index contributed by atoms with van der Waals surface area (Å²) < 4.78 is 0. The van der Waals surface area contributed by atoms with E-state index in [0.29, 0.717) is 5.92 Å². The Bertz CT molecular complexity index is 181. The van der Waals surface area contributed by atoms with Crippen molar-refractivity contribution in [2.24, 2.45) is 5.92 Å². The first-order valence-corrected chi connectivity index (χ1v) is 3.91. The monoisotopic (exact) mass is 156 g/mol. The van der Waals surface area contributed by atoms with Crippen molar-refractivity contribution in [2.75, 3.05) is 0 Å². The molecule has 56 valence electrons. The van der Waals surface area contributed by atoms with Crippen LogP contribution in [0.5, 0.6) is 0 Å². The number of nitrogens with one attached hydrogen (secondary N) is 1. The molecule has 2 nitrogen and oxygen atoms in total. The second-order valence-electron chi connectivity index (χ2n) is 2.66. The summed E-state index contributed by atoms with van der Waals surface area (Å²) in [6, 6.07) is 0. The van der Waals surface area contributed by atoms with Crippen LogP contribution < -0.4 is 0 Å². The highest BCUT2D eigenvalue weighted by molar-refractivity contribution is 7.80. The molecular weight excluding hydrogens is 144 g/mol. The molecule has 1 aromatic rings. The Balaban J connectivity index is 2.68. The molecule has 3 heteroatoms. The van der Waals surface area contributed by atoms with Crippen LogP contribution in [0.4, 0.5) is 0 Å². The number of thiol groups is 1. The largest absolute Gasteiger partial charge is 0.348 e. The Labute approximate surface area is 66.5 Å². The lowest BCUT2D eigenvalue weighted by molar-refractivity contribution is 0.614. The van der Waals surface area contributed by atoms with Gasteiger partial charge < -0.3 is 4.98 Å². The standard InChI is InChI=1S/C7H12N2S/c1-5(2)6(10)7-8-3-4-9-7/h3-6,10H,1-2H3,(H,8,9). The first kappa shape index (κ1) is 7.66. The lowest BCUT2D eigenvalue weighted by Gasteiger charge is -2.10. The van der Waals surface area contributed by atoms with Crippen LogP contribution in [-0.2, 0) is 0 Å². The SMILES string of the molecule is CC(C)C(S)c1ncc[nH]1. The summed E-state index contributed by atoms with van der Waals surface area (Å²) in [4.78, 5) is 7.14. The molecule has 10 heavy (non-hydrogen) atoms. The van der Waals surface area contributed by atoms with Gasteiger partial charge in [-0.25, -0.2) is 4.98 Å². The number of imidazole rings is 1. The summed E-state index contributed by atoms with van der Waals surface area (Å²) in [5.41, 5.74) is 0. The maximum atomic E-state index is 4.39. The third kappa shape index (κ3) is 1.53. The van der Waals surface area contributed by atoms with Crippen molar-refractivity contribution in [3.8, 4) is 0 Å². The minimum atomic E-state index is 0.231. The van der Waals surface area contributed by atoms with E-state index in [4.69, 9.17) is 0 Å². The topological polar surface area (TPSA) is 28.7 Å². The summed E-state index contributed by atoms with van der Waals surface area (Å²) in [5, 5.41) is 0.231. The van der Waals surface area contributed by atoms with Gasteiger partial charge in [0.15, 0.2) is 0 Å². The highest BCUT2D eigenvalue weighted by Crippen LogP contribution is 2.24. The number of aromatic amines is 1. The van der Waals surface area contributed by atoms with Crippen LogP contribution in [0, 0.1) is 5.92 Å². The van der Waals surface area contributed by atoms with Gasteiger partial charge >= 0.3 is 0 Å². The van der Waals surface area contributed by atoms with Gasteiger partial charge in [0, 0.05) is 12.4 Å². The average Bonchev–Trinajstić information content (AvgIpc) is 2.36. The van der Waals surface area contributed by atoms with Crippen LogP contribution in [0.15, 0.2) is 12.4 Å². The molecule has 0 aliphatic rings. The van der Waals surface area contributed by atoms with E-state index < -0.39 is 0 Å². The average molecular weight is 156 g/mol. The van der Waals surface area contributed by atoms with Gasteiger partial charge in [-0.15, -0.1) is 0 Å². The predicted molar refractivity (Wildman–Crippen MR) is 45.2 cm³/mol. The molecule has 0 spiro atoms. The number of rotatable bonds is 2. The maximum Gasteiger partial charge on any atom is 0.119 e. The first-order valence-electron chi connectivity index (χ1n) is 3.39. The summed E-state index contributed by atoms with van der Waals surface area (Å²) in [6.07, 6.45) is 3.57. The Hall–Kier alpha value is -0.440. The fourth-order valence-corrected chi connectivity index (χ4v) is 0.896. The third-order valence-electron chi connectivity index (χ3n) is 1.43. The van der Waals surface area contributed by atoms with E-state index >= 15 is 0 Å². The number of nitrogens with zero attached hydrogens (tertiary/aromatic N) is 1. The zero-order chi connectivity index (χ0) is 7.56. The van der Waals surface area contributed by atoms with Crippen molar-refractivity contribution in [3.05, 3.63) is 18.2 Å². The third-order valence-corrected chi connectivity index (χ3v) is 2.27. The molecule has 0 saturated heterocycles. The van der Waals surface area contributed by atoms with Crippen LogP contribution in [0.1, 0.15) is 24.9 Å². The predicted octanol–water partition coefficient (Wildman–Crippen LogP) is 2.04. The molecule has 1 atom stereocenters. The second kappa shape index (κ2) is 3.10. The normalized spacial score (nSPS) is 14.0. The van der Waals surface area contributed by atoms with Crippen LogP contribution in [0.3, 0.4) is 0 Å². The molecule has 0 radical (unpaired) electrons. The van der Waals surface area contributed by atoms with Gasteiger partial charge in [-0.3, -0.25) is 0 Å². The van der Waals surface area contributed by atoms with Crippen LogP contribution >= 0.6 is 12.6 Å². The van der Waals surface area contributed by atoms with Crippen LogP contribution in [0.25, 0.3) is 0 Å². The molecular formula is C7H12N2S. The Morgan fingerprint density at radius 2 is 2.30 bits per heavy atom. The van der Waals surface area contributed by atoms with Crippen LogP contribution in [0.2, 0.25) is 0 Å². The molecule has 1 aromatic heterocycles. The van der Waals surface area contributed by atoms with E-state index in [2.05, 4.69) is 36.4 Å². The second-order valence-corrected chi connectivity index (χ2v) is 3.22. The van der Waals surface area contributed by atoms with Gasteiger partial charge in [0.25, 0.3) is 0 Å². The molecule has 1 rings (SSSR count). The maximum absolute atomic E-state index is 4.39. The Kier molecular flexibility index (Phi) is 2.38. The highest BCUT2D eigenvalue weighted by Gasteiger charge is 2.11. The molecule has 1 heterocycles. The number of aromatic nitrogens is 2. The molecule has 0 bridgehead atoms. The van der Waals surface area contributed by atoms with Gasteiger partial charge in [-0.05, 0) is 5.92 Å². The van der Waals surface area contributed by atoms with Crippen molar-refractivity contribution in [1.29, 1.82) is 0 Å². The van der Waals surface area contributed by atoms with E-state index in [1.54, 1.807) is 6.20 Å². The summed E-state index contributed by atoms with van der Waals surface area (Å²) in [5.74, 6) is 1.48. The van der Waals surface area contributed by atoms with E-state index in [0.717, 1.165) is 5.82 Å². The number of H-pyrrole nitrogens is 1. The summed E-state index contributed by atoms with van der Waals surface area (Å²) >= 11 is 4.39. The van der Waals surface area contributed by atoms with Crippen molar-refractivity contribution in [1.82, 2.24) is 9.97 Å². The molecule has 0 fully saturated rings. The molecule has 0 amide bonds. The van der Waals surface area contributed by atoms with Gasteiger partial charge in [0.1, 0.15) is 5.82 Å². The van der Waals surface area contributed by atoms with Gasteiger partial charge in [-0.2, -0.15) is 12.6 Å². The zero-order valence-electron chi connectivity index (χ0n) is 6.20.